The molecule has 128 valence electrons. The van der Waals surface area contributed by atoms with Gasteiger partial charge in [0.25, 0.3) is 10.2 Å². The van der Waals surface area contributed by atoms with Crippen LogP contribution < -0.4 is 0 Å². The predicted molar refractivity (Wildman–Crippen MR) is 88.3 cm³/mol. The first-order chi connectivity index (χ1) is 11.7. The number of hydrogen-bond acceptors (Lipinski definition) is 4. The summed E-state index contributed by atoms with van der Waals surface area (Å²) < 4.78 is 36.9. The van der Waals surface area contributed by atoms with Gasteiger partial charge in [0.05, 0.1) is 25.8 Å². The second-order valence-corrected chi connectivity index (χ2v) is 7.87. The van der Waals surface area contributed by atoms with Crippen molar-refractivity contribution in [1.82, 2.24) is 18.2 Å². The monoisotopic (exact) mass is 348 g/mol. The van der Waals surface area contributed by atoms with E-state index in [2.05, 4.69) is 4.98 Å². The Balaban J connectivity index is 1.72. The van der Waals surface area contributed by atoms with Gasteiger partial charge in [0.15, 0.2) is 0 Å². The first kappa shape index (κ1) is 15.8. The quantitative estimate of drug-likeness (QED) is 0.830. The maximum absolute atomic E-state index is 13.2. The minimum atomic E-state index is -3.57. The van der Waals surface area contributed by atoms with Crippen LogP contribution in [-0.4, -0.2) is 52.9 Å². The van der Waals surface area contributed by atoms with E-state index in [4.69, 9.17) is 4.74 Å². The van der Waals surface area contributed by atoms with E-state index in [1.54, 1.807) is 10.5 Å². The zero-order valence-corrected chi connectivity index (χ0v) is 14.1. The van der Waals surface area contributed by atoms with Gasteiger partial charge in [-0.1, -0.05) is 30.3 Å². The van der Waals surface area contributed by atoms with Gasteiger partial charge in [0.1, 0.15) is 5.82 Å². The van der Waals surface area contributed by atoms with E-state index >= 15 is 0 Å². The molecule has 1 saturated heterocycles. The van der Waals surface area contributed by atoms with Gasteiger partial charge < -0.3 is 9.30 Å². The highest BCUT2D eigenvalue weighted by Crippen LogP contribution is 2.32. The van der Waals surface area contributed by atoms with Crippen LogP contribution in [0.25, 0.3) is 0 Å². The lowest BCUT2D eigenvalue weighted by Crippen LogP contribution is -2.51. The molecule has 4 rings (SSSR count). The first-order valence-corrected chi connectivity index (χ1v) is 9.45. The SMILES string of the molecule is O=S(=O)(N1CCOCC1)N1Cc2nccn2CC1c1ccccc1. The third kappa shape index (κ3) is 2.75. The molecule has 24 heavy (non-hydrogen) atoms. The van der Waals surface area contributed by atoms with Gasteiger partial charge in [0, 0.05) is 32.0 Å². The van der Waals surface area contributed by atoms with Crippen molar-refractivity contribution in [1.29, 1.82) is 0 Å². The molecular formula is C16H20N4O3S. The standard InChI is InChI=1S/C16H20N4O3S/c21-24(22,19-8-10-23-11-9-19)20-13-16-17-6-7-18(16)12-15(20)14-4-2-1-3-5-14/h1-7,15H,8-13H2. The van der Waals surface area contributed by atoms with Gasteiger partial charge in [-0.3, -0.25) is 0 Å². The molecule has 3 heterocycles. The van der Waals surface area contributed by atoms with Crippen LogP contribution in [0.4, 0.5) is 0 Å². The predicted octanol–water partition coefficient (Wildman–Crippen LogP) is 1.02. The van der Waals surface area contributed by atoms with Crippen LogP contribution in [-0.2, 0) is 28.0 Å². The normalized spacial score (nSPS) is 23.1. The summed E-state index contributed by atoms with van der Waals surface area (Å²) in [5, 5.41) is 0. The van der Waals surface area contributed by atoms with Crippen molar-refractivity contribution in [3.05, 3.63) is 54.1 Å². The summed E-state index contributed by atoms with van der Waals surface area (Å²) >= 11 is 0. The molecular weight excluding hydrogens is 328 g/mol. The Morgan fingerprint density at radius 3 is 2.62 bits per heavy atom. The third-order valence-electron chi connectivity index (χ3n) is 4.59. The summed E-state index contributed by atoms with van der Waals surface area (Å²) in [5.41, 5.74) is 0.994. The van der Waals surface area contributed by atoms with Crippen LogP contribution in [0, 0.1) is 0 Å². The largest absolute Gasteiger partial charge is 0.379 e. The van der Waals surface area contributed by atoms with E-state index in [-0.39, 0.29) is 12.6 Å². The minimum absolute atomic E-state index is 0.235. The van der Waals surface area contributed by atoms with Gasteiger partial charge in [-0.05, 0) is 5.56 Å². The van der Waals surface area contributed by atoms with E-state index in [1.807, 2.05) is 41.1 Å². The van der Waals surface area contributed by atoms with Crippen LogP contribution in [0.15, 0.2) is 42.7 Å². The molecule has 2 aromatic rings. The summed E-state index contributed by atoms with van der Waals surface area (Å²) in [4.78, 5) is 4.31. The van der Waals surface area contributed by atoms with Crippen LogP contribution in [0.2, 0.25) is 0 Å². The highest BCUT2D eigenvalue weighted by atomic mass is 32.2. The van der Waals surface area contributed by atoms with Gasteiger partial charge >= 0.3 is 0 Å². The molecule has 0 bridgehead atoms. The van der Waals surface area contributed by atoms with Crippen LogP contribution in [0.5, 0.6) is 0 Å². The van der Waals surface area contributed by atoms with Gasteiger partial charge in [-0.2, -0.15) is 17.0 Å². The summed E-state index contributed by atoms with van der Waals surface area (Å²) in [6, 6.07) is 9.55. The Morgan fingerprint density at radius 2 is 1.88 bits per heavy atom. The fraction of sp³-hybridized carbons (Fsp3) is 0.438. The van der Waals surface area contributed by atoms with Gasteiger partial charge in [-0.15, -0.1) is 0 Å². The molecule has 0 radical (unpaired) electrons. The molecule has 8 heteroatoms. The van der Waals surface area contributed by atoms with E-state index < -0.39 is 10.2 Å². The number of aromatic nitrogens is 2. The Kier molecular flexibility index (Phi) is 4.13. The minimum Gasteiger partial charge on any atom is -0.379 e. The number of nitrogens with zero attached hydrogens (tertiary/aromatic N) is 4. The van der Waals surface area contributed by atoms with Gasteiger partial charge in [0.2, 0.25) is 0 Å². The smallest absolute Gasteiger partial charge is 0.283 e. The molecule has 2 aliphatic rings. The number of hydrogen-bond donors (Lipinski definition) is 0. The Morgan fingerprint density at radius 1 is 1.12 bits per heavy atom. The van der Waals surface area contributed by atoms with E-state index in [0.717, 1.165) is 11.4 Å². The van der Waals surface area contributed by atoms with Crippen molar-refractivity contribution >= 4 is 10.2 Å². The molecule has 1 aromatic carbocycles. The number of ether oxygens (including phenoxy) is 1. The summed E-state index contributed by atoms with van der Waals surface area (Å²) in [5.74, 6) is 0.777. The number of morpholine rings is 1. The van der Waals surface area contributed by atoms with Gasteiger partial charge in [-0.25, -0.2) is 4.98 Å². The summed E-state index contributed by atoms with van der Waals surface area (Å²) in [6.07, 6.45) is 3.63. The molecule has 1 fully saturated rings. The molecule has 0 N–H and O–H groups in total. The molecule has 7 nitrogen and oxygen atoms in total. The second-order valence-electron chi connectivity index (χ2n) is 5.99. The van der Waals surface area contributed by atoms with Crippen molar-refractivity contribution < 1.29 is 13.2 Å². The Bertz CT molecular complexity index is 800. The van der Waals surface area contributed by atoms with Crippen LogP contribution >= 0.6 is 0 Å². The van der Waals surface area contributed by atoms with Crippen molar-refractivity contribution in [3.8, 4) is 0 Å². The average molecular weight is 348 g/mol. The third-order valence-corrected chi connectivity index (χ3v) is 6.59. The fourth-order valence-corrected chi connectivity index (χ4v) is 5.00. The highest BCUT2D eigenvalue weighted by molar-refractivity contribution is 7.86. The van der Waals surface area contributed by atoms with E-state index in [0.29, 0.717) is 32.8 Å². The lowest BCUT2D eigenvalue weighted by molar-refractivity contribution is 0.0678. The molecule has 1 unspecified atom stereocenters. The van der Waals surface area contributed by atoms with Crippen LogP contribution in [0.1, 0.15) is 17.4 Å². The molecule has 0 saturated carbocycles. The average Bonchev–Trinajstić information content (AvgIpc) is 3.10. The molecule has 1 aromatic heterocycles. The highest BCUT2D eigenvalue weighted by Gasteiger charge is 2.39. The molecule has 2 aliphatic heterocycles. The van der Waals surface area contributed by atoms with E-state index in [9.17, 15) is 8.42 Å². The zero-order chi connectivity index (χ0) is 16.6. The lowest BCUT2D eigenvalue weighted by Gasteiger charge is -2.39. The Hall–Kier alpha value is -1.74. The number of rotatable bonds is 3. The zero-order valence-electron chi connectivity index (χ0n) is 13.3. The van der Waals surface area contributed by atoms with Crippen molar-refractivity contribution in [3.63, 3.8) is 0 Å². The number of benzene rings is 1. The number of fused-ring (bicyclic) bond motifs is 1. The maximum Gasteiger partial charge on any atom is 0.283 e. The summed E-state index contributed by atoms with van der Waals surface area (Å²) in [6.45, 7) is 2.54. The lowest BCUT2D eigenvalue weighted by atomic mass is 10.1. The number of imidazole rings is 1. The second kappa shape index (κ2) is 6.29. The maximum atomic E-state index is 13.2. The molecule has 0 amide bonds. The fourth-order valence-electron chi connectivity index (χ4n) is 3.30. The van der Waals surface area contributed by atoms with Crippen molar-refractivity contribution in [2.75, 3.05) is 26.3 Å². The molecule has 0 aliphatic carbocycles. The first-order valence-electron chi connectivity index (χ1n) is 8.06. The molecule has 0 spiro atoms. The summed E-state index contributed by atoms with van der Waals surface area (Å²) in [7, 11) is -3.57. The van der Waals surface area contributed by atoms with E-state index in [1.165, 1.54) is 4.31 Å². The molecule has 1 atom stereocenters. The van der Waals surface area contributed by atoms with Crippen molar-refractivity contribution in [2.45, 2.75) is 19.1 Å². The topological polar surface area (TPSA) is 67.7 Å². The van der Waals surface area contributed by atoms with Crippen LogP contribution in [0.3, 0.4) is 0 Å². The Labute approximate surface area is 141 Å². The van der Waals surface area contributed by atoms with Crippen molar-refractivity contribution in [2.24, 2.45) is 0 Å².